The Hall–Kier alpha value is -0.120. The Balaban J connectivity index is 2.02. The molecule has 0 aliphatic carbocycles. The highest BCUT2D eigenvalue weighted by Crippen LogP contribution is 2.31. The summed E-state index contributed by atoms with van der Waals surface area (Å²) in [6, 6.07) is 0.683. The van der Waals surface area contributed by atoms with Gasteiger partial charge in [0.05, 0.1) is 0 Å². The summed E-state index contributed by atoms with van der Waals surface area (Å²) in [5.41, 5.74) is 6.47. The Morgan fingerprint density at radius 3 is 2.29 bits per heavy atom. The smallest absolute Gasteiger partial charge is 0.0344 e. The minimum Gasteiger partial charge on any atom is -0.329 e. The van der Waals surface area contributed by atoms with Crippen LogP contribution in [0.15, 0.2) is 0 Å². The Labute approximate surface area is 106 Å². The van der Waals surface area contributed by atoms with Gasteiger partial charge in [0.1, 0.15) is 0 Å². The largest absolute Gasteiger partial charge is 0.329 e. The first-order valence-electron chi connectivity index (χ1n) is 7.37. The molecule has 100 valence electrons. The van der Waals surface area contributed by atoms with E-state index in [1.54, 1.807) is 0 Å². The van der Waals surface area contributed by atoms with Crippen LogP contribution < -0.4 is 5.73 Å². The van der Waals surface area contributed by atoms with E-state index in [0.717, 1.165) is 6.54 Å². The van der Waals surface area contributed by atoms with Gasteiger partial charge >= 0.3 is 0 Å². The van der Waals surface area contributed by atoms with Gasteiger partial charge in [-0.1, -0.05) is 0 Å². The molecule has 0 bridgehead atoms. The maximum Gasteiger partial charge on any atom is 0.0344 e. The van der Waals surface area contributed by atoms with Crippen LogP contribution in [-0.2, 0) is 0 Å². The Morgan fingerprint density at radius 2 is 1.71 bits per heavy atom. The second-order valence-electron chi connectivity index (χ2n) is 6.11. The van der Waals surface area contributed by atoms with Gasteiger partial charge in [-0.05, 0) is 65.6 Å². The minimum absolute atomic E-state index is 0.320. The number of nitrogens with two attached hydrogens (primary N) is 1. The highest BCUT2D eigenvalue weighted by atomic mass is 15.2. The fourth-order valence-corrected chi connectivity index (χ4v) is 3.56. The summed E-state index contributed by atoms with van der Waals surface area (Å²) in [7, 11) is 0. The fraction of sp³-hybridized carbons (Fsp3) is 1.00. The van der Waals surface area contributed by atoms with E-state index in [1.165, 1.54) is 58.3 Å². The van der Waals surface area contributed by atoms with Crippen molar-refractivity contribution in [1.82, 2.24) is 9.80 Å². The number of rotatable bonds is 3. The lowest BCUT2D eigenvalue weighted by Gasteiger charge is -2.41. The lowest BCUT2D eigenvalue weighted by Crippen LogP contribution is -2.53. The number of nitrogens with zero attached hydrogens (tertiary/aromatic N) is 2. The zero-order valence-corrected chi connectivity index (χ0v) is 11.6. The molecule has 0 radical (unpaired) electrons. The van der Waals surface area contributed by atoms with Crippen LogP contribution >= 0.6 is 0 Å². The molecule has 3 nitrogen and oxygen atoms in total. The first-order chi connectivity index (χ1) is 8.18. The molecule has 0 aromatic rings. The standard InChI is InChI=1S/C14H29N3/c1-13(2)16-8-5-6-14(12-15,7-11-16)17-9-3-4-10-17/h13H,3-12,15H2,1-2H3. The summed E-state index contributed by atoms with van der Waals surface area (Å²) in [6.45, 7) is 10.5. The van der Waals surface area contributed by atoms with Crippen LogP contribution in [0.3, 0.4) is 0 Å². The van der Waals surface area contributed by atoms with Gasteiger partial charge in [-0.15, -0.1) is 0 Å². The van der Waals surface area contributed by atoms with E-state index in [-0.39, 0.29) is 0 Å². The monoisotopic (exact) mass is 239 g/mol. The van der Waals surface area contributed by atoms with Gasteiger partial charge in [0.15, 0.2) is 0 Å². The van der Waals surface area contributed by atoms with E-state index < -0.39 is 0 Å². The van der Waals surface area contributed by atoms with Gasteiger partial charge in [0.2, 0.25) is 0 Å². The molecule has 1 unspecified atom stereocenters. The maximum absolute atomic E-state index is 6.15. The molecule has 0 saturated carbocycles. The zero-order valence-electron chi connectivity index (χ0n) is 11.6. The molecule has 1 atom stereocenters. The molecule has 3 heteroatoms. The first-order valence-corrected chi connectivity index (χ1v) is 7.37. The molecule has 2 fully saturated rings. The number of hydrogen-bond acceptors (Lipinski definition) is 3. The molecular weight excluding hydrogens is 210 g/mol. The topological polar surface area (TPSA) is 32.5 Å². The normalized spacial score (nSPS) is 33.2. The van der Waals surface area contributed by atoms with E-state index >= 15 is 0 Å². The maximum atomic E-state index is 6.15. The second-order valence-corrected chi connectivity index (χ2v) is 6.11. The predicted octanol–water partition coefficient (Wildman–Crippen LogP) is 1.67. The minimum atomic E-state index is 0.320. The average molecular weight is 239 g/mol. The van der Waals surface area contributed by atoms with Crippen molar-refractivity contribution in [2.24, 2.45) is 5.73 Å². The highest BCUT2D eigenvalue weighted by molar-refractivity contribution is 4.96. The van der Waals surface area contributed by atoms with Crippen molar-refractivity contribution in [2.45, 2.75) is 57.5 Å². The van der Waals surface area contributed by atoms with Gasteiger partial charge in [-0.3, -0.25) is 4.90 Å². The van der Waals surface area contributed by atoms with E-state index in [0.29, 0.717) is 11.6 Å². The molecule has 2 aliphatic rings. The summed E-state index contributed by atoms with van der Waals surface area (Å²) in [5, 5.41) is 0. The van der Waals surface area contributed by atoms with Crippen LogP contribution in [0, 0.1) is 0 Å². The lowest BCUT2D eigenvalue weighted by atomic mass is 9.89. The fourth-order valence-electron chi connectivity index (χ4n) is 3.56. The van der Waals surface area contributed by atoms with Crippen molar-refractivity contribution >= 4 is 0 Å². The van der Waals surface area contributed by atoms with Gasteiger partial charge in [0, 0.05) is 24.7 Å². The van der Waals surface area contributed by atoms with Crippen LogP contribution in [-0.4, -0.2) is 54.1 Å². The summed E-state index contributed by atoms with van der Waals surface area (Å²) in [6.07, 6.45) is 6.62. The van der Waals surface area contributed by atoms with Crippen molar-refractivity contribution in [2.75, 3.05) is 32.7 Å². The van der Waals surface area contributed by atoms with Crippen molar-refractivity contribution in [3.8, 4) is 0 Å². The molecule has 2 aliphatic heterocycles. The predicted molar refractivity (Wildman–Crippen MR) is 73.2 cm³/mol. The van der Waals surface area contributed by atoms with E-state index in [9.17, 15) is 0 Å². The second kappa shape index (κ2) is 5.68. The van der Waals surface area contributed by atoms with Crippen molar-refractivity contribution in [1.29, 1.82) is 0 Å². The van der Waals surface area contributed by atoms with E-state index in [2.05, 4.69) is 23.6 Å². The van der Waals surface area contributed by atoms with Crippen LogP contribution in [0.5, 0.6) is 0 Å². The Kier molecular flexibility index (Phi) is 4.45. The molecule has 2 heterocycles. The molecule has 0 aromatic carbocycles. The van der Waals surface area contributed by atoms with Gasteiger partial charge in [-0.2, -0.15) is 0 Å². The number of hydrogen-bond donors (Lipinski definition) is 1. The Morgan fingerprint density at radius 1 is 1.00 bits per heavy atom. The Bertz CT molecular complexity index is 236. The zero-order chi connectivity index (χ0) is 12.3. The third-order valence-electron chi connectivity index (χ3n) is 4.84. The highest BCUT2D eigenvalue weighted by Gasteiger charge is 2.38. The van der Waals surface area contributed by atoms with Gasteiger partial charge < -0.3 is 10.6 Å². The average Bonchev–Trinajstić information content (AvgIpc) is 2.76. The van der Waals surface area contributed by atoms with Gasteiger partial charge in [0.25, 0.3) is 0 Å². The molecular formula is C14H29N3. The SMILES string of the molecule is CC(C)N1CCCC(CN)(N2CCCC2)CC1. The third kappa shape index (κ3) is 2.83. The van der Waals surface area contributed by atoms with E-state index in [4.69, 9.17) is 5.73 Å². The summed E-state index contributed by atoms with van der Waals surface area (Å²) >= 11 is 0. The first kappa shape index (κ1) is 13.3. The molecule has 2 N–H and O–H groups in total. The molecule has 0 amide bonds. The van der Waals surface area contributed by atoms with Crippen LogP contribution in [0.2, 0.25) is 0 Å². The molecule has 0 spiro atoms. The van der Waals surface area contributed by atoms with Crippen LogP contribution in [0.1, 0.15) is 46.0 Å². The molecule has 2 saturated heterocycles. The summed E-state index contributed by atoms with van der Waals surface area (Å²) in [4.78, 5) is 5.31. The van der Waals surface area contributed by atoms with Crippen molar-refractivity contribution in [3.05, 3.63) is 0 Å². The third-order valence-corrected chi connectivity index (χ3v) is 4.84. The van der Waals surface area contributed by atoms with Gasteiger partial charge in [-0.25, -0.2) is 0 Å². The van der Waals surface area contributed by atoms with Crippen molar-refractivity contribution in [3.63, 3.8) is 0 Å². The summed E-state index contributed by atoms with van der Waals surface area (Å²) in [5.74, 6) is 0. The molecule has 2 rings (SSSR count). The summed E-state index contributed by atoms with van der Waals surface area (Å²) < 4.78 is 0. The number of likely N-dealkylation sites (tertiary alicyclic amines) is 2. The quantitative estimate of drug-likeness (QED) is 0.813. The molecule has 17 heavy (non-hydrogen) atoms. The molecule has 0 aromatic heterocycles. The van der Waals surface area contributed by atoms with Crippen LogP contribution in [0.25, 0.3) is 0 Å². The van der Waals surface area contributed by atoms with Crippen LogP contribution in [0.4, 0.5) is 0 Å². The lowest BCUT2D eigenvalue weighted by molar-refractivity contribution is 0.103. The van der Waals surface area contributed by atoms with E-state index in [1.807, 2.05) is 0 Å². The van der Waals surface area contributed by atoms with Crippen molar-refractivity contribution < 1.29 is 0 Å².